The Hall–Kier alpha value is -1.07. The second kappa shape index (κ2) is 4.43. The summed E-state index contributed by atoms with van der Waals surface area (Å²) in [5, 5.41) is 3.09. The van der Waals surface area contributed by atoms with Crippen LogP contribution in [-0.4, -0.2) is 19.7 Å². The third kappa shape index (κ3) is 2.54. The molecule has 0 bridgehead atoms. The molecule has 1 atom stereocenters. The number of ether oxygens (including phenoxy) is 1. The zero-order valence-corrected chi connectivity index (χ0v) is 8.55. The summed E-state index contributed by atoms with van der Waals surface area (Å²) >= 11 is 0. The fourth-order valence-corrected chi connectivity index (χ4v) is 1.69. The van der Waals surface area contributed by atoms with Crippen LogP contribution in [0.2, 0.25) is 0 Å². The highest BCUT2D eigenvalue weighted by atomic mass is 19.4. The molecule has 2 nitrogen and oxygen atoms in total. The molecule has 5 heteroatoms. The number of benzene rings is 1. The molecule has 1 N–H and O–H groups in total. The average Bonchev–Trinajstić information content (AvgIpc) is 2.29. The summed E-state index contributed by atoms with van der Waals surface area (Å²) in [7, 11) is 0. The second-order valence-corrected chi connectivity index (χ2v) is 3.69. The van der Waals surface area contributed by atoms with Gasteiger partial charge in [-0.2, -0.15) is 13.2 Å². The van der Waals surface area contributed by atoms with Gasteiger partial charge < -0.3 is 10.1 Å². The van der Waals surface area contributed by atoms with Crippen LogP contribution >= 0.6 is 0 Å². The van der Waals surface area contributed by atoms with E-state index in [1.165, 1.54) is 6.07 Å². The number of alkyl halides is 3. The van der Waals surface area contributed by atoms with Gasteiger partial charge in [0, 0.05) is 13.1 Å². The zero-order valence-electron chi connectivity index (χ0n) is 8.55. The van der Waals surface area contributed by atoms with Crippen molar-refractivity contribution in [1.82, 2.24) is 5.32 Å². The molecule has 1 saturated heterocycles. The molecule has 0 aromatic heterocycles. The summed E-state index contributed by atoms with van der Waals surface area (Å²) in [6.45, 7) is 1.83. The fraction of sp³-hybridized carbons (Fsp3) is 0.455. The van der Waals surface area contributed by atoms with E-state index >= 15 is 0 Å². The highest BCUT2D eigenvalue weighted by Crippen LogP contribution is 2.31. The van der Waals surface area contributed by atoms with E-state index in [1.807, 2.05) is 0 Å². The number of hydrogen-bond acceptors (Lipinski definition) is 2. The molecule has 1 heterocycles. The molecular weight excluding hydrogens is 219 g/mol. The molecule has 0 spiro atoms. The molecule has 0 radical (unpaired) electrons. The minimum absolute atomic E-state index is 0.281. The van der Waals surface area contributed by atoms with Crippen LogP contribution in [0.25, 0.3) is 0 Å². The molecule has 1 aliphatic heterocycles. The van der Waals surface area contributed by atoms with E-state index in [9.17, 15) is 13.2 Å². The van der Waals surface area contributed by atoms with Gasteiger partial charge in [0.15, 0.2) is 0 Å². The highest BCUT2D eigenvalue weighted by Gasteiger charge is 2.31. The Labute approximate surface area is 91.4 Å². The van der Waals surface area contributed by atoms with Crippen LogP contribution in [0.5, 0.6) is 0 Å². The lowest BCUT2D eigenvalue weighted by molar-refractivity contribution is -0.137. The van der Waals surface area contributed by atoms with E-state index in [-0.39, 0.29) is 6.10 Å². The Morgan fingerprint density at radius 1 is 1.31 bits per heavy atom. The fourth-order valence-electron chi connectivity index (χ4n) is 1.69. The molecule has 0 aliphatic carbocycles. The van der Waals surface area contributed by atoms with E-state index in [4.69, 9.17) is 4.74 Å². The summed E-state index contributed by atoms with van der Waals surface area (Å²) < 4.78 is 42.8. The van der Waals surface area contributed by atoms with Crippen molar-refractivity contribution in [1.29, 1.82) is 0 Å². The van der Waals surface area contributed by atoms with Gasteiger partial charge in [0.25, 0.3) is 0 Å². The van der Waals surface area contributed by atoms with Crippen molar-refractivity contribution in [3.8, 4) is 0 Å². The number of hydrogen-bond donors (Lipinski definition) is 1. The summed E-state index contributed by atoms with van der Waals surface area (Å²) in [4.78, 5) is 0. The monoisotopic (exact) mass is 231 g/mol. The van der Waals surface area contributed by atoms with Gasteiger partial charge in [-0.25, -0.2) is 0 Å². The summed E-state index contributed by atoms with van der Waals surface area (Å²) in [5.41, 5.74) is -0.0544. The normalized spacial score (nSPS) is 22.1. The van der Waals surface area contributed by atoms with Crippen molar-refractivity contribution in [2.45, 2.75) is 12.3 Å². The first-order valence-corrected chi connectivity index (χ1v) is 5.07. The first kappa shape index (κ1) is 11.4. The quantitative estimate of drug-likeness (QED) is 0.801. The Morgan fingerprint density at radius 2 is 2.12 bits per heavy atom. The minimum Gasteiger partial charge on any atom is -0.371 e. The lowest BCUT2D eigenvalue weighted by Crippen LogP contribution is -2.33. The van der Waals surface area contributed by atoms with Crippen molar-refractivity contribution in [3.63, 3.8) is 0 Å². The van der Waals surface area contributed by atoms with Gasteiger partial charge >= 0.3 is 6.18 Å². The van der Waals surface area contributed by atoms with Crippen molar-refractivity contribution >= 4 is 0 Å². The van der Waals surface area contributed by atoms with Crippen LogP contribution in [0.4, 0.5) is 13.2 Å². The van der Waals surface area contributed by atoms with E-state index in [0.717, 1.165) is 18.7 Å². The molecule has 0 saturated carbocycles. The van der Waals surface area contributed by atoms with Crippen LogP contribution in [0.15, 0.2) is 24.3 Å². The Morgan fingerprint density at radius 3 is 2.75 bits per heavy atom. The Balaban J connectivity index is 2.21. The van der Waals surface area contributed by atoms with Crippen molar-refractivity contribution in [2.24, 2.45) is 0 Å². The van der Waals surface area contributed by atoms with Crippen molar-refractivity contribution in [2.75, 3.05) is 19.7 Å². The predicted molar refractivity (Wildman–Crippen MR) is 53.0 cm³/mol. The van der Waals surface area contributed by atoms with Gasteiger partial charge in [0.05, 0.1) is 18.3 Å². The SMILES string of the molecule is FC(F)(F)c1cccc([C@@H]2CNCCO2)c1. The minimum atomic E-state index is -4.29. The maximum Gasteiger partial charge on any atom is 0.416 e. The van der Waals surface area contributed by atoms with Gasteiger partial charge in [0.1, 0.15) is 0 Å². The largest absolute Gasteiger partial charge is 0.416 e. The molecule has 0 unspecified atom stereocenters. The van der Waals surface area contributed by atoms with Crippen molar-refractivity contribution in [3.05, 3.63) is 35.4 Å². The van der Waals surface area contributed by atoms with E-state index in [2.05, 4.69) is 5.32 Å². The highest BCUT2D eigenvalue weighted by molar-refractivity contribution is 5.27. The van der Waals surface area contributed by atoms with Crippen LogP contribution < -0.4 is 5.32 Å². The third-order valence-corrected chi connectivity index (χ3v) is 2.51. The first-order chi connectivity index (χ1) is 7.57. The summed E-state index contributed by atoms with van der Waals surface area (Å²) in [6.07, 6.45) is -4.57. The van der Waals surface area contributed by atoms with Gasteiger partial charge in [-0.15, -0.1) is 0 Å². The summed E-state index contributed by atoms with van der Waals surface area (Å²) in [6, 6.07) is 5.29. The second-order valence-electron chi connectivity index (χ2n) is 3.69. The molecule has 0 amide bonds. The lowest BCUT2D eigenvalue weighted by atomic mass is 10.0. The molecule has 88 valence electrons. The van der Waals surface area contributed by atoms with E-state index < -0.39 is 11.7 Å². The molecule has 1 fully saturated rings. The maximum atomic E-state index is 12.5. The molecular formula is C11H12F3NO. The maximum absolute atomic E-state index is 12.5. The predicted octanol–water partition coefficient (Wildman–Crippen LogP) is 2.37. The van der Waals surface area contributed by atoms with E-state index in [1.54, 1.807) is 6.07 Å². The number of halogens is 3. The molecule has 1 aliphatic rings. The smallest absolute Gasteiger partial charge is 0.371 e. The number of nitrogens with one attached hydrogen (secondary N) is 1. The summed E-state index contributed by atoms with van der Waals surface area (Å²) in [5.74, 6) is 0. The van der Waals surface area contributed by atoms with Crippen LogP contribution in [0, 0.1) is 0 Å². The topological polar surface area (TPSA) is 21.3 Å². The first-order valence-electron chi connectivity index (χ1n) is 5.07. The van der Waals surface area contributed by atoms with Crippen LogP contribution in [-0.2, 0) is 10.9 Å². The van der Waals surface area contributed by atoms with Crippen LogP contribution in [0.1, 0.15) is 17.2 Å². The third-order valence-electron chi connectivity index (χ3n) is 2.51. The van der Waals surface area contributed by atoms with Crippen molar-refractivity contribution < 1.29 is 17.9 Å². The lowest BCUT2D eigenvalue weighted by Gasteiger charge is -2.24. The molecule has 16 heavy (non-hydrogen) atoms. The zero-order chi connectivity index (χ0) is 11.6. The van der Waals surface area contributed by atoms with Gasteiger partial charge in [0.2, 0.25) is 0 Å². The standard InChI is InChI=1S/C11H12F3NO/c12-11(13,14)9-3-1-2-8(6-9)10-7-15-4-5-16-10/h1-3,6,10,15H,4-5,7H2/t10-/m0/s1. The van der Waals surface area contributed by atoms with Gasteiger partial charge in [-0.3, -0.25) is 0 Å². The molecule has 1 aromatic carbocycles. The average molecular weight is 231 g/mol. The van der Waals surface area contributed by atoms with Crippen LogP contribution in [0.3, 0.4) is 0 Å². The van der Waals surface area contributed by atoms with E-state index in [0.29, 0.717) is 18.7 Å². The molecule has 1 aromatic rings. The number of rotatable bonds is 1. The number of morpholine rings is 1. The Bertz CT molecular complexity index is 358. The Kier molecular flexibility index (Phi) is 3.16. The molecule has 2 rings (SSSR count). The van der Waals surface area contributed by atoms with Gasteiger partial charge in [-0.05, 0) is 17.7 Å². The van der Waals surface area contributed by atoms with Gasteiger partial charge in [-0.1, -0.05) is 12.1 Å².